The highest BCUT2D eigenvalue weighted by molar-refractivity contribution is 5.95. The van der Waals surface area contributed by atoms with Gasteiger partial charge in [0.2, 0.25) is 5.89 Å². The van der Waals surface area contributed by atoms with Crippen molar-refractivity contribution in [2.45, 2.75) is 0 Å². The number of hydrogen-bond donors (Lipinski definition) is 0. The molecule has 1 aromatic heterocycles. The number of fused-ring (bicyclic) bond motifs is 2. The molecule has 22 heavy (non-hydrogen) atoms. The highest BCUT2D eigenvalue weighted by atomic mass is 19.1. The van der Waals surface area contributed by atoms with Crippen LogP contribution in [0.1, 0.15) is 0 Å². The average Bonchev–Trinajstić information content (AvgIpc) is 2.55. The smallest absolute Gasteiger partial charge is 0.347 e. The van der Waals surface area contributed by atoms with E-state index in [-0.39, 0.29) is 11.3 Å². The summed E-state index contributed by atoms with van der Waals surface area (Å²) in [6.45, 7) is 0. The van der Waals surface area contributed by atoms with Crippen molar-refractivity contribution in [2.24, 2.45) is 0 Å². The monoisotopic (exact) mass is 291 g/mol. The molecule has 0 N–H and O–H groups in total. The summed E-state index contributed by atoms with van der Waals surface area (Å²) in [4.78, 5) is 16.5. The highest BCUT2D eigenvalue weighted by Crippen LogP contribution is 2.27. The summed E-state index contributed by atoms with van der Waals surface area (Å²) in [6.07, 6.45) is 0. The summed E-state index contributed by atoms with van der Waals surface area (Å²) >= 11 is 0. The fraction of sp³-hybridized carbons (Fsp3) is 0. The van der Waals surface area contributed by atoms with Gasteiger partial charge in [0.1, 0.15) is 5.82 Å². The molecule has 3 aromatic carbocycles. The van der Waals surface area contributed by atoms with Crippen molar-refractivity contribution in [1.82, 2.24) is 4.98 Å². The van der Waals surface area contributed by atoms with Crippen LogP contribution >= 0.6 is 0 Å². The van der Waals surface area contributed by atoms with Gasteiger partial charge >= 0.3 is 5.63 Å². The first-order chi connectivity index (χ1) is 10.7. The first-order valence-electron chi connectivity index (χ1n) is 6.81. The van der Waals surface area contributed by atoms with Crippen molar-refractivity contribution < 1.29 is 8.81 Å². The molecule has 4 aromatic rings. The maximum atomic E-state index is 13.2. The molecule has 0 aliphatic heterocycles. The summed E-state index contributed by atoms with van der Waals surface area (Å²) in [5, 5.41) is 2.12. The third-order valence-corrected chi connectivity index (χ3v) is 3.61. The molecule has 0 saturated heterocycles. The largest absolute Gasteiger partial charge is 0.403 e. The van der Waals surface area contributed by atoms with E-state index in [0.717, 1.165) is 22.4 Å². The van der Waals surface area contributed by atoms with Crippen molar-refractivity contribution in [1.29, 1.82) is 0 Å². The number of rotatable bonds is 1. The van der Waals surface area contributed by atoms with Crippen LogP contribution in [0.25, 0.3) is 33.1 Å². The van der Waals surface area contributed by atoms with Crippen molar-refractivity contribution in [2.75, 3.05) is 0 Å². The van der Waals surface area contributed by atoms with Crippen LogP contribution in [0.2, 0.25) is 0 Å². The van der Waals surface area contributed by atoms with Gasteiger partial charge in [-0.3, -0.25) is 0 Å². The fourth-order valence-electron chi connectivity index (χ4n) is 2.57. The molecular formula is C18H10FNO2. The van der Waals surface area contributed by atoms with E-state index in [0.29, 0.717) is 5.52 Å². The van der Waals surface area contributed by atoms with Crippen LogP contribution in [0, 0.1) is 5.82 Å². The Morgan fingerprint density at radius 1 is 0.909 bits per heavy atom. The minimum atomic E-state index is -0.590. The average molecular weight is 291 g/mol. The van der Waals surface area contributed by atoms with E-state index >= 15 is 0 Å². The lowest BCUT2D eigenvalue weighted by Crippen LogP contribution is -2.03. The molecule has 106 valence electrons. The van der Waals surface area contributed by atoms with Crippen molar-refractivity contribution in [3.63, 3.8) is 0 Å². The maximum absolute atomic E-state index is 13.2. The molecule has 0 fully saturated rings. The zero-order chi connectivity index (χ0) is 15.1. The van der Waals surface area contributed by atoms with E-state index in [1.54, 1.807) is 0 Å². The van der Waals surface area contributed by atoms with Crippen LogP contribution in [-0.4, -0.2) is 4.98 Å². The lowest BCUT2D eigenvalue weighted by molar-refractivity contribution is 0.518. The Morgan fingerprint density at radius 2 is 1.73 bits per heavy atom. The third-order valence-electron chi connectivity index (χ3n) is 3.61. The standard InChI is InChI=1S/C18H10FNO2/c19-12-8-9-16-15(10-12)18(21)22-17(20-16)14-7-3-5-11-4-1-2-6-13(11)14/h1-10H. The molecule has 0 bridgehead atoms. The number of hydrogen-bond acceptors (Lipinski definition) is 3. The van der Waals surface area contributed by atoms with Crippen LogP contribution in [0.15, 0.2) is 69.9 Å². The number of halogens is 1. The second-order valence-electron chi connectivity index (χ2n) is 4.99. The summed E-state index contributed by atoms with van der Waals surface area (Å²) in [7, 11) is 0. The molecule has 0 amide bonds. The van der Waals surface area contributed by atoms with Gasteiger partial charge in [0.25, 0.3) is 0 Å². The molecule has 3 nitrogen and oxygen atoms in total. The zero-order valence-corrected chi connectivity index (χ0v) is 11.4. The van der Waals surface area contributed by atoms with Crippen LogP contribution in [0.5, 0.6) is 0 Å². The Labute approximate surface area is 124 Å². The van der Waals surface area contributed by atoms with Gasteiger partial charge in [-0.15, -0.1) is 0 Å². The van der Waals surface area contributed by atoms with Crippen molar-refractivity contribution in [3.8, 4) is 11.5 Å². The topological polar surface area (TPSA) is 43.1 Å². The van der Waals surface area contributed by atoms with Gasteiger partial charge in [0, 0.05) is 5.56 Å². The minimum Gasteiger partial charge on any atom is -0.403 e. The van der Waals surface area contributed by atoms with E-state index < -0.39 is 11.4 Å². The number of nitrogens with zero attached hydrogens (tertiary/aromatic N) is 1. The van der Waals surface area contributed by atoms with Gasteiger partial charge in [-0.2, -0.15) is 0 Å². The van der Waals surface area contributed by atoms with Gasteiger partial charge in [-0.05, 0) is 35.0 Å². The number of benzene rings is 3. The Kier molecular flexibility index (Phi) is 2.76. The molecule has 0 unspecified atom stereocenters. The van der Waals surface area contributed by atoms with Crippen LogP contribution in [-0.2, 0) is 0 Å². The molecule has 0 aliphatic rings. The second-order valence-corrected chi connectivity index (χ2v) is 4.99. The predicted octanol–water partition coefficient (Wildman–Crippen LogP) is 4.15. The third kappa shape index (κ3) is 1.97. The Hall–Kier alpha value is -3.01. The second kappa shape index (κ2) is 4.77. The molecule has 4 rings (SSSR count). The van der Waals surface area contributed by atoms with Gasteiger partial charge in [-0.1, -0.05) is 36.4 Å². The lowest BCUT2D eigenvalue weighted by atomic mass is 10.0. The Morgan fingerprint density at radius 3 is 2.64 bits per heavy atom. The van der Waals surface area contributed by atoms with Crippen molar-refractivity contribution >= 4 is 21.7 Å². The Balaban J connectivity index is 2.05. The van der Waals surface area contributed by atoms with Crippen molar-refractivity contribution in [3.05, 3.63) is 76.9 Å². The summed E-state index contributed by atoms with van der Waals surface area (Å²) < 4.78 is 18.5. The molecule has 0 radical (unpaired) electrons. The summed E-state index contributed by atoms with van der Waals surface area (Å²) in [5.41, 5.74) is 0.564. The summed E-state index contributed by atoms with van der Waals surface area (Å²) in [5.74, 6) is -0.250. The molecule has 4 heteroatoms. The normalized spacial score (nSPS) is 11.1. The Bertz CT molecular complexity index is 1060. The van der Waals surface area contributed by atoms with Gasteiger partial charge in [0.05, 0.1) is 10.9 Å². The highest BCUT2D eigenvalue weighted by Gasteiger charge is 2.11. The first-order valence-corrected chi connectivity index (χ1v) is 6.81. The minimum absolute atomic E-state index is 0.143. The molecular weight excluding hydrogens is 281 g/mol. The van der Waals surface area contributed by atoms with E-state index in [1.807, 2.05) is 42.5 Å². The molecule has 0 atom stereocenters. The number of aromatic nitrogens is 1. The van der Waals surface area contributed by atoms with E-state index in [1.165, 1.54) is 12.1 Å². The predicted molar refractivity (Wildman–Crippen MR) is 83.2 cm³/mol. The SMILES string of the molecule is O=c1oc(-c2cccc3ccccc23)nc2ccc(F)cc12. The molecule has 1 heterocycles. The van der Waals surface area contributed by atoms with E-state index in [9.17, 15) is 9.18 Å². The molecule has 0 spiro atoms. The van der Waals surface area contributed by atoms with Gasteiger partial charge in [-0.25, -0.2) is 14.2 Å². The first kappa shape index (κ1) is 12.7. The molecule has 0 saturated carbocycles. The lowest BCUT2D eigenvalue weighted by Gasteiger charge is -2.05. The van der Waals surface area contributed by atoms with Crippen LogP contribution < -0.4 is 5.63 Å². The van der Waals surface area contributed by atoms with Gasteiger partial charge < -0.3 is 4.42 Å². The summed E-state index contributed by atoms with van der Waals surface area (Å²) in [6, 6.07) is 17.4. The zero-order valence-electron chi connectivity index (χ0n) is 11.4. The van der Waals surface area contributed by atoms with E-state index in [2.05, 4.69) is 4.98 Å². The van der Waals surface area contributed by atoms with Gasteiger partial charge in [0.15, 0.2) is 0 Å². The van der Waals surface area contributed by atoms with Crippen LogP contribution in [0.4, 0.5) is 4.39 Å². The van der Waals surface area contributed by atoms with E-state index in [4.69, 9.17) is 4.42 Å². The van der Waals surface area contributed by atoms with Crippen LogP contribution in [0.3, 0.4) is 0 Å². The quantitative estimate of drug-likeness (QED) is 0.529. The fourth-order valence-corrected chi connectivity index (χ4v) is 2.57. The molecule has 0 aliphatic carbocycles. The maximum Gasteiger partial charge on any atom is 0.347 e.